The Labute approximate surface area is 92.1 Å². The van der Waals surface area contributed by atoms with Crippen LogP contribution in [0.5, 0.6) is 0 Å². The van der Waals surface area contributed by atoms with Gasteiger partial charge in [-0.05, 0) is 14.1 Å². The van der Waals surface area contributed by atoms with Gasteiger partial charge in [-0.25, -0.2) is 4.68 Å². The maximum absolute atomic E-state index is 5.91. The van der Waals surface area contributed by atoms with Crippen LogP contribution in [-0.2, 0) is 12.0 Å². The zero-order valence-electron chi connectivity index (χ0n) is 10.4. The molecule has 0 saturated heterocycles. The Morgan fingerprint density at radius 3 is 2.40 bits per heavy atom. The molecule has 1 heterocycles. The van der Waals surface area contributed by atoms with E-state index < -0.39 is 0 Å². The summed E-state index contributed by atoms with van der Waals surface area (Å²) in [6.07, 6.45) is 0. The third-order valence-electron chi connectivity index (χ3n) is 2.34. The van der Waals surface area contributed by atoms with Crippen LogP contribution in [0.3, 0.4) is 0 Å². The van der Waals surface area contributed by atoms with Gasteiger partial charge in [0.05, 0.1) is 12.2 Å². The third-order valence-corrected chi connectivity index (χ3v) is 2.34. The maximum Gasteiger partial charge on any atom is 0.121 e. The van der Waals surface area contributed by atoms with E-state index in [1.165, 1.54) is 0 Å². The lowest BCUT2D eigenvalue weighted by Gasteiger charge is -2.14. The number of hydrogen-bond donors (Lipinski definition) is 1. The molecule has 86 valence electrons. The monoisotopic (exact) mass is 210 g/mol. The van der Waals surface area contributed by atoms with E-state index >= 15 is 0 Å². The largest absolute Gasteiger partial charge is 0.384 e. The van der Waals surface area contributed by atoms with E-state index in [0.29, 0.717) is 0 Å². The molecule has 0 saturated carbocycles. The first-order valence-electron chi connectivity index (χ1n) is 5.29. The Kier molecular flexibility index (Phi) is 3.39. The summed E-state index contributed by atoms with van der Waals surface area (Å²) in [6, 6.07) is 1.97. The second kappa shape index (κ2) is 4.23. The van der Waals surface area contributed by atoms with Crippen LogP contribution in [0.1, 0.15) is 26.5 Å². The number of hydrogen-bond acceptors (Lipinski definition) is 3. The fourth-order valence-corrected chi connectivity index (χ4v) is 1.27. The van der Waals surface area contributed by atoms with Crippen molar-refractivity contribution in [1.82, 2.24) is 14.7 Å². The summed E-state index contributed by atoms with van der Waals surface area (Å²) < 4.78 is 1.88. The van der Waals surface area contributed by atoms with Crippen LogP contribution in [-0.4, -0.2) is 35.3 Å². The van der Waals surface area contributed by atoms with Gasteiger partial charge < -0.3 is 10.6 Å². The minimum absolute atomic E-state index is 0.0670. The molecule has 0 fully saturated rings. The van der Waals surface area contributed by atoms with Gasteiger partial charge in [0.25, 0.3) is 0 Å². The van der Waals surface area contributed by atoms with Crippen LogP contribution in [0.25, 0.3) is 0 Å². The van der Waals surface area contributed by atoms with Crippen molar-refractivity contribution >= 4 is 5.82 Å². The van der Waals surface area contributed by atoms with Gasteiger partial charge in [-0.2, -0.15) is 5.10 Å². The van der Waals surface area contributed by atoms with Crippen LogP contribution >= 0.6 is 0 Å². The first kappa shape index (κ1) is 12.0. The normalized spacial score (nSPS) is 12.4. The smallest absolute Gasteiger partial charge is 0.121 e. The molecule has 0 aromatic carbocycles. The van der Waals surface area contributed by atoms with E-state index in [1.807, 2.05) is 24.8 Å². The zero-order chi connectivity index (χ0) is 11.6. The molecule has 0 atom stereocenters. The molecular weight excluding hydrogens is 188 g/mol. The molecule has 0 unspecified atom stereocenters. The molecule has 0 aliphatic carbocycles. The summed E-state index contributed by atoms with van der Waals surface area (Å²) in [5, 5.41) is 4.52. The van der Waals surface area contributed by atoms with Crippen molar-refractivity contribution < 1.29 is 0 Å². The van der Waals surface area contributed by atoms with Crippen LogP contribution in [0.4, 0.5) is 5.82 Å². The lowest BCUT2D eigenvalue weighted by Crippen LogP contribution is -2.20. The molecule has 0 bridgehead atoms. The standard InChI is InChI=1S/C11H22N4/c1-11(2,3)9-8-10(12)15(13-9)7-6-14(4)5/h8H,6-7,12H2,1-5H3. The number of nitrogens with two attached hydrogens (primary N) is 1. The lowest BCUT2D eigenvalue weighted by atomic mass is 9.92. The van der Waals surface area contributed by atoms with Gasteiger partial charge in [0.1, 0.15) is 5.82 Å². The molecule has 15 heavy (non-hydrogen) atoms. The SMILES string of the molecule is CN(C)CCn1nc(C(C)(C)C)cc1N. The van der Waals surface area contributed by atoms with Crippen molar-refractivity contribution in [2.75, 3.05) is 26.4 Å². The summed E-state index contributed by atoms with van der Waals surface area (Å²) in [6.45, 7) is 8.23. The Hall–Kier alpha value is -1.03. The second-order valence-corrected chi connectivity index (χ2v) is 5.23. The molecule has 0 aliphatic rings. The highest BCUT2D eigenvalue weighted by atomic mass is 15.3. The molecule has 0 spiro atoms. The van der Waals surface area contributed by atoms with E-state index in [2.05, 4.69) is 30.8 Å². The molecule has 4 nitrogen and oxygen atoms in total. The zero-order valence-corrected chi connectivity index (χ0v) is 10.4. The Bertz CT molecular complexity index is 320. The molecule has 1 aromatic heterocycles. The van der Waals surface area contributed by atoms with E-state index in [0.717, 1.165) is 24.6 Å². The molecule has 2 N–H and O–H groups in total. The summed E-state index contributed by atoms with van der Waals surface area (Å²) in [4.78, 5) is 2.12. The number of rotatable bonds is 3. The summed E-state index contributed by atoms with van der Waals surface area (Å²) in [5.74, 6) is 0.752. The lowest BCUT2D eigenvalue weighted by molar-refractivity contribution is 0.372. The van der Waals surface area contributed by atoms with Gasteiger partial charge in [-0.1, -0.05) is 20.8 Å². The minimum Gasteiger partial charge on any atom is -0.384 e. The molecule has 4 heteroatoms. The van der Waals surface area contributed by atoms with Crippen molar-refractivity contribution in [2.24, 2.45) is 0 Å². The summed E-state index contributed by atoms with van der Waals surface area (Å²) in [5.41, 5.74) is 7.03. The second-order valence-electron chi connectivity index (χ2n) is 5.23. The van der Waals surface area contributed by atoms with Gasteiger partial charge in [-0.15, -0.1) is 0 Å². The van der Waals surface area contributed by atoms with Crippen molar-refractivity contribution in [3.8, 4) is 0 Å². The van der Waals surface area contributed by atoms with Crippen LogP contribution in [0.15, 0.2) is 6.07 Å². The fourth-order valence-electron chi connectivity index (χ4n) is 1.27. The van der Waals surface area contributed by atoms with Gasteiger partial charge in [0.15, 0.2) is 0 Å². The van der Waals surface area contributed by atoms with Crippen molar-refractivity contribution in [1.29, 1.82) is 0 Å². The highest BCUT2D eigenvalue weighted by molar-refractivity contribution is 5.33. The minimum atomic E-state index is 0.0670. The van der Waals surface area contributed by atoms with Crippen molar-refractivity contribution in [2.45, 2.75) is 32.7 Å². The van der Waals surface area contributed by atoms with Gasteiger partial charge in [-0.3, -0.25) is 0 Å². The topological polar surface area (TPSA) is 47.1 Å². The average Bonchev–Trinajstić information content (AvgIpc) is 2.42. The molecule has 0 radical (unpaired) electrons. The molecule has 0 amide bonds. The van der Waals surface area contributed by atoms with E-state index in [9.17, 15) is 0 Å². The summed E-state index contributed by atoms with van der Waals surface area (Å²) >= 11 is 0. The van der Waals surface area contributed by atoms with Crippen LogP contribution in [0, 0.1) is 0 Å². The highest BCUT2D eigenvalue weighted by Gasteiger charge is 2.18. The first-order valence-corrected chi connectivity index (χ1v) is 5.29. The Morgan fingerprint density at radius 1 is 1.40 bits per heavy atom. The van der Waals surface area contributed by atoms with E-state index in [1.54, 1.807) is 0 Å². The summed E-state index contributed by atoms with van der Waals surface area (Å²) in [7, 11) is 4.09. The van der Waals surface area contributed by atoms with E-state index in [4.69, 9.17) is 5.73 Å². The molecule has 0 aliphatic heterocycles. The third kappa shape index (κ3) is 3.23. The Morgan fingerprint density at radius 2 is 2.00 bits per heavy atom. The van der Waals surface area contributed by atoms with Crippen LogP contribution < -0.4 is 5.73 Å². The van der Waals surface area contributed by atoms with Gasteiger partial charge in [0.2, 0.25) is 0 Å². The van der Waals surface area contributed by atoms with Crippen molar-refractivity contribution in [3.63, 3.8) is 0 Å². The average molecular weight is 210 g/mol. The fraction of sp³-hybridized carbons (Fsp3) is 0.727. The maximum atomic E-state index is 5.91. The molecule has 1 rings (SSSR count). The number of nitrogen functional groups attached to an aromatic ring is 1. The number of anilines is 1. The van der Waals surface area contributed by atoms with Gasteiger partial charge >= 0.3 is 0 Å². The van der Waals surface area contributed by atoms with Crippen molar-refractivity contribution in [3.05, 3.63) is 11.8 Å². The molecular formula is C11H22N4. The quantitative estimate of drug-likeness (QED) is 0.818. The number of aromatic nitrogens is 2. The Balaban J connectivity index is 2.78. The number of nitrogens with zero attached hydrogens (tertiary/aromatic N) is 3. The predicted octanol–water partition coefficient (Wildman–Crippen LogP) is 1.32. The number of likely N-dealkylation sites (N-methyl/N-ethyl adjacent to an activating group) is 1. The molecule has 1 aromatic rings. The first-order chi connectivity index (χ1) is 6.80. The van der Waals surface area contributed by atoms with Gasteiger partial charge in [0, 0.05) is 18.0 Å². The van der Waals surface area contributed by atoms with E-state index in [-0.39, 0.29) is 5.41 Å². The predicted molar refractivity (Wildman–Crippen MR) is 63.9 cm³/mol. The van der Waals surface area contributed by atoms with Crippen LogP contribution in [0.2, 0.25) is 0 Å². The highest BCUT2D eigenvalue weighted by Crippen LogP contribution is 2.22.